The Hall–Kier alpha value is -2.44. The summed E-state index contributed by atoms with van der Waals surface area (Å²) in [6.45, 7) is 2.98. The van der Waals surface area contributed by atoms with Crippen molar-refractivity contribution >= 4 is 5.91 Å². The molecule has 0 saturated carbocycles. The molecule has 2 atom stereocenters. The number of hydrogen-bond donors (Lipinski definition) is 4. The van der Waals surface area contributed by atoms with Crippen LogP contribution < -0.4 is 16.2 Å². The van der Waals surface area contributed by atoms with Gasteiger partial charge < -0.3 is 20.7 Å². The fourth-order valence-corrected chi connectivity index (χ4v) is 3.43. The van der Waals surface area contributed by atoms with Gasteiger partial charge in [-0.05, 0) is 31.0 Å². The zero-order valence-corrected chi connectivity index (χ0v) is 14.2. The fraction of sp³-hybridized carbons (Fsp3) is 0.368. The molecule has 1 aromatic heterocycles. The number of aromatic nitrogens is 1. The van der Waals surface area contributed by atoms with Crippen molar-refractivity contribution in [1.82, 2.24) is 15.6 Å². The molecule has 4 N–H and O–H groups in total. The van der Waals surface area contributed by atoms with Crippen LogP contribution in [0.5, 0.6) is 0 Å². The number of β-amino-alcohol motifs (C(OH)–C–C–N with tert-alkyl or cyclic N) is 1. The number of aryl methyl sites for hydroxylation is 1. The van der Waals surface area contributed by atoms with Crippen molar-refractivity contribution in [2.75, 3.05) is 13.1 Å². The van der Waals surface area contributed by atoms with Gasteiger partial charge in [-0.15, -0.1) is 0 Å². The van der Waals surface area contributed by atoms with E-state index in [2.05, 4.69) is 15.6 Å². The number of aliphatic hydroxyl groups is 1. The van der Waals surface area contributed by atoms with Gasteiger partial charge in [-0.25, -0.2) is 0 Å². The van der Waals surface area contributed by atoms with E-state index in [0.717, 1.165) is 5.56 Å². The van der Waals surface area contributed by atoms with Gasteiger partial charge in [-0.3, -0.25) is 9.59 Å². The summed E-state index contributed by atoms with van der Waals surface area (Å²) in [5.41, 5.74) is 0.817. The molecule has 2 heterocycles. The lowest BCUT2D eigenvalue weighted by molar-refractivity contribution is 0.0289. The highest BCUT2D eigenvalue weighted by atomic mass is 16.3. The fourth-order valence-electron chi connectivity index (χ4n) is 3.43. The highest BCUT2D eigenvalue weighted by Crippen LogP contribution is 2.31. The first-order chi connectivity index (χ1) is 12.1. The first-order valence-corrected chi connectivity index (χ1v) is 8.56. The predicted molar refractivity (Wildman–Crippen MR) is 95.5 cm³/mol. The molecule has 6 nitrogen and oxygen atoms in total. The van der Waals surface area contributed by atoms with Gasteiger partial charge in [-0.2, -0.15) is 0 Å². The molecule has 1 amide bonds. The number of aromatic amines is 1. The largest absolute Gasteiger partial charge is 0.389 e. The lowest BCUT2D eigenvalue weighted by Crippen LogP contribution is -2.61. The number of benzene rings is 1. The standard InChI is InChI=1S/C19H23N3O3/c1-2-15-14(8-9-17(24)21-15)18(25)22-19(10-11-20-12-16(19)23)13-6-4-3-5-7-13/h3-9,16,20,23H,2,10-12H2,1H3,(H,21,24)(H,22,25)/t16-,19+/m1/s1. The summed E-state index contributed by atoms with van der Waals surface area (Å²) in [4.78, 5) is 27.2. The minimum atomic E-state index is -0.856. The summed E-state index contributed by atoms with van der Waals surface area (Å²) >= 11 is 0. The second-order valence-corrected chi connectivity index (χ2v) is 6.33. The molecule has 3 rings (SSSR count). The third-order valence-electron chi connectivity index (χ3n) is 4.83. The molecule has 1 aromatic carbocycles. The minimum Gasteiger partial charge on any atom is -0.389 e. The van der Waals surface area contributed by atoms with Crippen LogP contribution in [-0.2, 0) is 12.0 Å². The van der Waals surface area contributed by atoms with Crippen LogP contribution in [0, 0.1) is 0 Å². The van der Waals surface area contributed by atoms with Crippen LogP contribution in [0.25, 0.3) is 0 Å². The summed E-state index contributed by atoms with van der Waals surface area (Å²) < 4.78 is 0. The Morgan fingerprint density at radius 2 is 2.04 bits per heavy atom. The first kappa shape index (κ1) is 17.4. The van der Waals surface area contributed by atoms with Gasteiger partial charge in [0.2, 0.25) is 5.56 Å². The van der Waals surface area contributed by atoms with Crippen LogP contribution in [0.2, 0.25) is 0 Å². The summed E-state index contributed by atoms with van der Waals surface area (Å²) in [5.74, 6) is -0.294. The van der Waals surface area contributed by atoms with Crippen molar-refractivity contribution in [2.24, 2.45) is 0 Å². The molecule has 0 bridgehead atoms. The van der Waals surface area contributed by atoms with Gasteiger partial charge in [0.05, 0.1) is 17.2 Å². The Labute approximate surface area is 146 Å². The van der Waals surface area contributed by atoms with Gasteiger partial charge in [0.15, 0.2) is 0 Å². The number of amides is 1. The van der Waals surface area contributed by atoms with E-state index in [0.29, 0.717) is 37.2 Å². The van der Waals surface area contributed by atoms with E-state index in [-0.39, 0.29) is 11.5 Å². The Bertz CT molecular complexity index is 803. The van der Waals surface area contributed by atoms with Gasteiger partial charge in [0, 0.05) is 18.3 Å². The van der Waals surface area contributed by atoms with Crippen LogP contribution in [0.4, 0.5) is 0 Å². The molecule has 25 heavy (non-hydrogen) atoms. The van der Waals surface area contributed by atoms with E-state index >= 15 is 0 Å². The molecule has 0 spiro atoms. The van der Waals surface area contributed by atoms with Crippen LogP contribution in [0.3, 0.4) is 0 Å². The minimum absolute atomic E-state index is 0.229. The van der Waals surface area contributed by atoms with Gasteiger partial charge in [-0.1, -0.05) is 37.3 Å². The molecule has 0 aliphatic carbocycles. The van der Waals surface area contributed by atoms with E-state index < -0.39 is 11.6 Å². The van der Waals surface area contributed by atoms with Gasteiger partial charge in [0.1, 0.15) is 0 Å². The monoisotopic (exact) mass is 341 g/mol. The molecule has 1 aliphatic rings. The van der Waals surface area contributed by atoms with Crippen molar-refractivity contribution in [3.8, 4) is 0 Å². The Balaban J connectivity index is 1.99. The summed E-state index contributed by atoms with van der Waals surface area (Å²) in [7, 11) is 0. The molecule has 0 radical (unpaired) electrons. The van der Waals surface area contributed by atoms with Crippen molar-refractivity contribution in [1.29, 1.82) is 0 Å². The van der Waals surface area contributed by atoms with Crippen LogP contribution >= 0.6 is 0 Å². The molecule has 1 saturated heterocycles. The maximum absolute atomic E-state index is 13.0. The number of carbonyl (C=O) groups is 1. The summed E-state index contributed by atoms with van der Waals surface area (Å²) in [6, 6.07) is 12.4. The SMILES string of the molecule is CCc1[nH]c(=O)ccc1C(=O)N[C@]1(c2ccccc2)CCNC[C@H]1O. The number of hydrogen-bond acceptors (Lipinski definition) is 4. The highest BCUT2D eigenvalue weighted by Gasteiger charge is 2.43. The summed E-state index contributed by atoms with van der Waals surface area (Å²) in [6.07, 6.45) is 0.371. The zero-order chi connectivity index (χ0) is 17.9. The molecule has 6 heteroatoms. The Morgan fingerprint density at radius 3 is 2.72 bits per heavy atom. The van der Waals surface area contributed by atoms with Crippen molar-refractivity contribution < 1.29 is 9.90 Å². The van der Waals surface area contributed by atoms with Crippen molar-refractivity contribution in [3.63, 3.8) is 0 Å². The second-order valence-electron chi connectivity index (χ2n) is 6.33. The smallest absolute Gasteiger partial charge is 0.253 e. The average molecular weight is 341 g/mol. The maximum atomic E-state index is 13.0. The summed E-state index contributed by atoms with van der Waals surface area (Å²) in [5, 5.41) is 16.9. The third-order valence-corrected chi connectivity index (χ3v) is 4.83. The second kappa shape index (κ2) is 7.21. The van der Waals surface area contributed by atoms with E-state index in [1.165, 1.54) is 6.07 Å². The third kappa shape index (κ3) is 3.36. The predicted octanol–water partition coefficient (Wildman–Crippen LogP) is 0.917. The number of aliphatic hydroxyl groups excluding tert-OH is 1. The molecular formula is C19H23N3O3. The van der Waals surface area contributed by atoms with E-state index in [1.54, 1.807) is 6.07 Å². The number of nitrogens with one attached hydrogen (secondary N) is 3. The Morgan fingerprint density at radius 1 is 1.28 bits per heavy atom. The molecule has 132 valence electrons. The average Bonchev–Trinajstić information content (AvgIpc) is 2.64. The number of piperidine rings is 1. The zero-order valence-electron chi connectivity index (χ0n) is 14.2. The maximum Gasteiger partial charge on any atom is 0.253 e. The topological polar surface area (TPSA) is 94.2 Å². The lowest BCUT2D eigenvalue weighted by Gasteiger charge is -2.43. The van der Waals surface area contributed by atoms with Crippen molar-refractivity contribution in [2.45, 2.75) is 31.4 Å². The van der Waals surface area contributed by atoms with Gasteiger partial charge >= 0.3 is 0 Å². The van der Waals surface area contributed by atoms with Crippen molar-refractivity contribution in [3.05, 3.63) is 69.6 Å². The highest BCUT2D eigenvalue weighted by molar-refractivity contribution is 5.95. The lowest BCUT2D eigenvalue weighted by atomic mass is 9.79. The molecule has 2 aromatic rings. The Kier molecular flexibility index (Phi) is 5.01. The molecule has 1 fully saturated rings. The number of H-pyrrole nitrogens is 1. The van der Waals surface area contributed by atoms with E-state index in [4.69, 9.17) is 0 Å². The van der Waals surface area contributed by atoms with Gasteiger partial charge in [0.25, 0.3) is 5.91 Å². The molecule has 1 aliphatic heterocycles. The van der Waals surface area contributed by atoms with Crippen LogP contribution in [0.1, 0.15) is 35.0 Å². The van der Waals surface area contributed by atoms with E-state index in [1.807, 2.05) is 37.3 Å². The van der Waals surface area contributed by atoms with Crippen LogP contribution in [0.15, 0.2) is 47.3 Å². The quantitative estimate of drug-likeness (QED) is 0.665. The van der Waals surface area contributed by atoms with Crippen LogP contribution in [-0.4, -0.2) is 35.2 Å². The molecule has 0 unspecified atom stereocenters. The molecular weight excluding hydrogens is 318 g/mol. The number of rotatable bonds is 4. The normalized spacial score (nSPS) is 23.2. The first-order valence-electron chi connectivity index (χ1n) is 8.56. The van der Waals surface area contributed by atoms with E-state index in [9.17, 15) is 14.7 Å². The number of carbonyl (C=O) groups excluding carboxylic acids is 1. The number of pyridine rings is 1.